The van der Waals surface area contributed by atoms with Gasteiger partial charge in [-0.05, 0) is 59.4 Å². The second-order valence-electron chi connectivity index (χ2n) is 10.2. The van der Waals surface area contributed by atoms with E-state index in [9.17, 15) is 27.2 Å². The number of benzene rings is 3. The molecule has 0 radical (unpaired) electrons. The Morgan fingerprint density at radius 1 is 0.884 bits per heavy atom. The van der Waals surface area contributed by atoms with E-state index in [4.69, 9.17) is 0 Å². The lowest BCUT2D eigenvalue weighted by molar-refractivity contribution is -0.137. The Morgan fingerprint density at radius 3 is 2.07 bits per heavy atom. The Morgan fingerprint density at radius 2 is 1.49 bits per heavy atom. The van der Waals surface area contributed by atoms with Gasteiger partial charge in [-0.25, -0.2) is 4.39 Å². The maximum Gasteiger partial charge on any atom is 0.416 e. The molecular weight excluding hydrogens is 578 g/mol. The maximum atomic E-state index is 13.6. The standard InChI is InChI=1S/C33H33F4N3O2S/c1-3-5-27-20-40(32(38-31(27)42)43-22-24-8-16-29(34)17-9-24)21-30(41)39(18-4-2)19-23-6-10-25(11-7-23)26-12-14-28(15-13-26)33(35,36)37/h6-17,20H,3-5,18-19,21-22H2,1-2H3. The second kappa shape index (κ2) is 14.5. The molecule has 0 N–H and O–H groups in total. The van der Waals surface area contributed by atoms with Gasteiger partial charge in [0, 0.05) is 30.6 Å². The van der Waals surface area contributed by atoms with Crippen LogP contribution in [0.1, 0.15) is 48.9 Å². The quantitative estimate of drug-likeness (QED) is 0.0934. The van der Waals surface area contributed by atoms with Crippen LogP contribution in [0.4, 0.5) is 17.6 Å². The lowest BCUT2D eigenvalue weighted by atomic mass is 10.0. The molecule has 0 atom stereocenters. The fourth-order valence-electron chi connectivity index (χ4n) is 4.60. The summed E-state index contributed by atoms with van der Waals surface area (Å²) in [7, 11) is 0. The molecule has 3 aromatic carbocycles. The zero-order valence-electron chi connectivity index (χ0n) is 24.0. The Balaban J connectivity index is 1.50. The monoisotopic (exact) mass is 611 g/mol. The van der Waals surface area contributed by atoms with Crippen LogP contribution in [-0.2, 0) is 36.2 Å². The molecule has 0 unspecified atom stereocenters. The van der Waals surface area contributed by atoms with Crippen molar-refractivity contribution >= 4 is 17.7 Å². The molecule has 0 bridgehead atoms. The SMILES string of the molecule is CCCc1cn(CC(=O)N(CCC)Cc2ccc(-c3ccc(C(F)(F)F)cc3)cc2)c(SCc2ccc(F)cc2)nc1=O. The number of hydrogen-bond acceptors (Lipinski definition) is 4. The van der Waals surface area contributed by atoms with Gasteiger partial charge in [0.25, 0.3) is 5.56 Å². The van der Waals surface area contributed by atoms with Crippen molar-refractivity contribution in [3.05, 3.63) is 117 Å². The fraction of sp³-hybridized carbons (Fsp3) is 0.303. The molecule has 0 aliphatic heterocycles. The molecule has 0 aliphatic carbocycles. The summed E-state index contributed by atoms with van der Waals surface area (Å²) in [6.07, 6.45) is -0.620. The first-order chi connectivity index (χ1) is 20.6. The number of nitrogens with zero attached hydrogens (tertiary/aromatic N) is 3. The normalized spacial score (nSPS) is 11.5. The van der Waals surface area contributed by atoms with Gasteiger partial charge in [-0.3, -0.25) is 9.59 Å². The molecule has 0 saturated heterocycles. The highest BCUT2D eigenvalue weighted by Gasteiger charge is 2.30. The molecule has 4 aromatic rings. The summed E-state index contributed by atoms with van der Waals surface area (Å²) in [6.45, 7) is 4.83. The lowest BCUT2D eigenvalue weighted by Crippen LogP contribution is -2.35. The minimum atomic E-state index is -4.39. The minimum Gasteiger partial charge on any atom is -0.337 e. The highest BCUT2D eigenvalue weighted by molar-refractivity contribution is 7.98. The number of carbonyl (C=O) groups is 1. The van der Waals surface area contributed by atoms with Crippen molar-refractivity contribution < 1.29 is 22.4 Å². The molecular formula is C33H33F4N3O2S. The fourth-order valence-corrected chi connectivity index (χ4v) is 5.52. The summed E-state index contributed by atoms with van der Waals surface area (Å²) in [4.78, 5) is 32.3. The van der Waals surface area contributed by atoms with Crippen molar-refractivity contribution in [3.63, 3.8) is 0 Å². The third-order valence-electron chi connectivity index (χ3n) is 6.85. The molecule has 1 aromatic heterocycles. The van der Waals surface area contributed by atoms with Crippen LogP contribution in [0.3, 0.4) is 0 Å². The molecule has 1 heterocycles. The molecule has 4 rings (SSSR count). The van der Waals surface area contributed by atoms with Gasteiger partial charge in [-0.15, -0.1) is 0 Å². The molecule has 5 nitrogen and oxygen atoms in total. The molecule has 10 heteroatoms. The van der Waals surface area contributed by atoms with E-state index in [1.165, 1.54) is 36.0 Å². The van der Waals surface area contributed by atoms with Gasteiger partial charge in [0.15, 0.2) is 5.16 Å². The average Bonchev–Trinajstić information content (AvgIpc) is 2.98. The Kier molecular flexibility index (Phi) is 10.8. The van der Waals surface area contributed by atoms with Gasteiger partial charge >= 0.3 is 6.18 Å². The van der Waals surface area contributed by atoms with Crippen LogP contribution >= 0.6 is 11.8 Å². The van der Waals surface area contributed by atoms with Crippen molar-refractivity contribution in [1.82, 2.24) is 14.5 Å². The van der Waals surface area contributed by atoms with Crippen LogP contribution in [0.5, 0.6) is 0 Å². The van der Waals surface area contributed by atoms with Gasteiger partial charge in [0.2, 0.25) is 5.91 Å². The summed E-state index contributed by atoms with van der Waals surface area (Å²) >= 11 is 1.32. The van der Waals surface area contributed by atoms with Crippen molar-refractivity contribution in [2.45, 2.75) is 63.3 Å². The molecule has 0 fully saturated rings. The van der Waals surface area contributed by atoms with Crippen LogP contribution in [0.2, 0.25) is 0 Å². The number of thioether (sulfide) groups is 1. The largest absolute Gasteiger partial charge is 0.416 e. The number of rotatable bonds is 12. The number of hydrogen-bond donors (Lipinski definition) is 0. The number of aryl methyl sites for hydroxylation is 1. The molecule has 0 aliphatic rings. The van der Waals surface area contributed by atoms with E-state index in [-0.39, 0.29) is 23.8 Å². The van der Waals surface area contributed by atoms with Crippen molar-refractivity contribution in [2.75, 3.05) is 6.54 Å². The van der Waals surface area contributed by atoms with Crippen LogP contribution in [0, 0.1) is 5.82 Å². The van der Waals surface area contributed by atoms with E-state index in [2.05, 4.69) is 4.98 Å². The zero-order valence-corrected chi connectivity index (χ0v) is 24.9. The maximum absolute atomic E-state index is 13.6. The second-order valence-corrected chi connectivity index (χ2v) is 11.2. The number of carbonyl (C=O) groups excluding carboxylic acids is 1. The van der Waals surface area contributed by atoms with Crippen LogP contribution in [0.15, 0.2) is 88.9 Å². The van der Waals surface area contributed by atoms with E-state index in [1.807, 2.05) is 38.1 Å². The van der Waals surface area contributed by atoms with E-state index < -0.39 is 11.7 Å². The summed E-state index contributed by atoms with van der Waals surface area (Å²) < 4.78 is 53.8. The summed E-state index contributed by atoms with van der Waals surface area (Å²) in [5, 5.41) is 0.417. The smallest absolute Gasteiger partial charge is 0.337 e. The third kappa shape index (κ3) is 8.79. The van der Waals surface area contributed by atoms with Gasteiger partial charge in [-0.2, -0.15) is 18.2 Å². The van der Waals surface area contributed by atoms with Crippen LogP contribution in [0.25, 0.3) is 11.1 Å². The third-order valence-corrected chi connectivity index (χ3v) is 7.92. The Bertz CT molecular complexity index is 1570. The minimum absolute atomic E-state index is 0.000612. The highest BCUT2D eigenvalue weighted by atomic mass is 32.2. The molecule has 43 heavy (non-hydrogen) atoms. The molecule has 1 amide bonds. The lowest BCUT2D eigenvalue weighted by Gasteiger charge is -2.24. The zero-order chi connectivity index (χ0) is 31.0. The predicted molar refractivity (Wildman–Crippen MR) is 161 cm³/mol. The summed E-state index contributed by atoms with van der Waals surface area (Å²) in [5.74, 6) is -0.00779. The van der Waals surface area contributed by atoms with Crippen molar-refractivity contribution in [1.29, 1.82) is 0 Å². The Hall–Kier alpha value is -3.92. The molecule has 226 valence electrons. The van der Waals surface area contributed by atoms with Crippen molar-refractivity contribution in [3.8, 4) is 11.1 Å². The molecule has 0 saturated carbocycles. The number of halogens is 4. The average molecular weight is 612 g/mol. The highest BCUT2D eigenvalue weighted by Crippen LogP contribution is 2.31. The first-order valence-corrected chi connectivity index (χ1v) is 15.1. The van der Waals surface area contributed by atoms with Gasteiger partial charge < -0.3 is 9.47 Å². The Labute approximate surface area is 252 Å². The number of alkyl halides is 3. The summed E-state index contributed by atoms with van der Waals surface area (Å²) in [6, 6.07) is 18.5. The number of amides is 1. The first-order valence-electron chi connectivity index (χ1n) is 14.1. The van der Waals surface area contributed by atoms with E-state index in [0.29, 0.717) is 41.5 Å². The van der Waals surface area contributed by atoms with Crippen molar-refractivity contribution in [2.24, 2.45) is 0 Å². The van der Waals surface area contributed by atoms with E-state index in [1.54, 1.807) is 27.8 Å². The van der Waals surface area contributed by atoms with Crippen LogP contribution in [-0.4, -0.2) is 26.9 Å². The van der Waals surface area contributed by atoms with Crippen LogP contribution < -0.4 is 5.56 Å². The van der Waals surface area contributed by atoms with Gasteiger partial charge in [0.05, 0.1) is 5.56 Å². The number of aromatic nitrogens is 2. The molecule has 0 spiro atoms. The predicted octanol–water partition coefficient (Wildman–Crippen LogP) is 7.75. The van der Waals surface area contributed by atoms with Gasteiger partial charge in [0.1, 0.15) is 12.4 Å². The summed E-state index contributed by atoms with van der Waals surface area (Å²) in [5.41, 5.74) is 2.72. The van der Waals surface area contributed by atoms with Gasteiger partial charge in [-0.1, -0.05) is 80.6 Å². The van der Waals surface area contributed by atoms with E-state index in [0.717, 1.165) is 41.7 Å². The topological polar surface area (TPSA) is 55.2 Å². The first kappa shape index (κ1) is 32.0. The van der Waals surface area contributed by atoms with E-state index >= 15 is 0 Å².